The molecule has 8 heteroatoms. The van der Waals surface area contributed by atoms with E-state index in [0.29, 0.717) is 0 Å². The van der Waals surface area contributed by atoms with Crippen molar-refractivity contribution < 1.29 is 12.8 Å². The molecule has 1 aliphatic rings. The van der Waals surface area contributed by atoms with Gasteiger partial charge in [0.05, 0.1) is 16.1 Å². The van der Waals surface area contributed by atoms with E-state index < -0.39 is 15.8 Å². The number of aryl methyl sites for hydroxylation is 1. The third kappa shape index (κ3) is 4.18. The van der Waals surface area contributed by atoms with Crippen LogP contribution in [0.5, 0.6) is 0 Å². The second-order valence-corrected chi connectivity index (χ2v) is 8.64. The number of halogens is 1. The van der Waals surface area contributed by atoms with Crippen LogP contribution in [-0.4, -0.2) is 37.4 Å². The molecule has 0 unspecified atom stereocenters. The van der Waals surface area contributed by atoms with Gasteiger partial charge in [-0.3, -0.25) is 4.90 Å². The first-order valence-electron chi connectivity index (χ1n) is 7.83. The molecule has 0 spiro atoms. The van der Waals surface area contributed by atoms with Gasteiger partial charge < -0.3 is 0 Å². The van der Waals surface area contributed by atoms with Crippen molar-refractivity contribution in [3.8, 4) is 0 Å². The van der Waals surface area contributed by atoms with Crippen molar-refractivity contribution in [2.24, 2.45) is 0 Å². The Bertz CT molecular complexity index is 782. The molecule has 0 amide bonds. The fourth-order valence-electron chi connectivity index (χ4n) is 2.79. The van der Waals surface area contributed by atoms with Crippen molar-refractivity contribution in [2.75, 3.05) is 13.1 Å². The van der Waals surface area contributed by atoms with Crippen LogP contribution in [0.3, 0.4) is 0 Å². The third-order valence-corrected chi connectivity index (χ3v) is 6.70. The Morgan fingerprint density at radius 3 is 2.54 bits per heavy atom. The van der Waals surface area contributed by atoms with E-state index in [9.17, 15) is 12.8 Å². The van der Waals surface area contributed by atoms with Crippen molar-refractivity contribution in [1.82, 2.24) is 14.6 Å². The minimum atomic E-state index is -3.59. The van der Waals surface area contributed by atoms with Crippen LogP contribution < -0.4 is 4.72 Å². The monoisotopic (exact) mass is 369 g/mol. The van der Waals surface area contributed by atoms with Gasteiger partial charge in [0.25, 0.3) is 0 Å². The number of aromatic nitrogens is 1. The summed E-state index contributed by atoms with van der Waals surface area (Å²) in [5.41, 5.74) is 2.92. The van der Waals surface area contributed by atoms with Crippen molar-refractivity contribution >= 4 is 21.4 Å². The highest BCUT2D eigenvalue weighted by molar-refractivity contribution is 7.89. The predicted molar refractivity (Wildman–Crippen MR) is 91.9 cm³/mol. The number of rotatable bonds is 5. The zero-order valence-electron chi connectivity index (χ0n) is 13.4. The van der Waals surface area contributed by atoms with Crippen LogP contribution in [0, 0.1) is 12.7 Å². The maximum atomic E-state index is 12.9. The molecular formula is C16H20FN3O2S2. The summed E-state index contributed by atoms with van der Waals surface area (Å²) in [6, 6.07) is 4.82. The van der Waals surface area contributed by atoms with Gasteiger partial charge in [0.15, 0.2) is 0 Å². The first-order valence-corrected chi connectivity index (χ1v) is 10.2. The van der Waals surface area contributed by atoms with E-state index in [1.54, 1.807) is 11.3 Å². The summed E-state index contributed by atoms with van der Waals surface area (Å²) in [6.45, 7) is 4.56. The number of nitrogens with zero attached hydrogens (tertiary/aromatic N) is 2. The lowest BCUT2D eigenvalue weighted by molar-refractivity contribution is 0.201. The molecule has 1 aromatic carbocycles. The third-order valence-electron chi connectivity index (χ3n) is 4.25. The molecule has 24 heavy (non-hydrogen) atoms. The van der Waals surface area contributed by atoms with E-state index in [-0.39, 0.29) is 10.9 Å². The lowest BCUT2D eigenvalue weighted by atomic mass is 10.1. The molecule has 1 saturated heterocycles. The number of likely N-dealkylation sites (tertiary alicyclic amines) is 1. The van der Waals surface area contributed by atoms with Gasteiger partial charge in [0.2, 0.25) is 10.0 Å². The Hall–Kier alpha value is -1.35. The van der Waals surface area contributed by atoms with E-state index >= 15 is 0 Å². The normalized spacial score (nSPS) is 17.2. The molecule has 1 N–H and O–H groups in total. The van der Waals surface area contributed by atoms with Crippen LogP contribution in [0.2, 0.25) is 0 Å². The minimum absolute atomic E-state index is 0.0844. The van der Waals surface area contributed by atoms with Crippen LogP contribution in [-0.2, 0) is 16.6 Å². The van der Waals surface area contributed by atoms with Crippen molar-refractivity contribution in [2.45, 2.75) is 37.2 Å². The summed E-state index contributed by atoms with van der Waals surface area (Å²) >= 11 is 1.66. The highest BCUT2D eigenvalue weighted by atomic mass is 32.2. The van der Waals surface area contributed by atoms with Gasteiger partial charge >= 0.3 is 0 Å². The average molecular weight is 369 g/mol. The Morgan fingerprint density at radius 1 is 1.29 bits per heavy atom. The maximum absolute atomic E-state index is 12.9. The summed E-state index contributed by atoms with van der Waals surface area (Å²) in [5, 5.41) is 0. The van der Waals surface area contributed by atoms with Gasteiger partial charge in [-0.2, -0.15) is 0 Å². The number of hydrogen-bond donors (Lipinski definition) is 1. The zero-order chi connectivity index (χ0) is 17.2. The summed E-state index contributed by atoms with van der Waals surface area (Å²) in [7, 11) is -3.59. The molecule has 2 aromatic rings. The topological polar surface area (TPSA) is 62.3 Å². The standard InChI is InChI=1S/C16H20FN3O2S2/c1-12-16(23-11-18-12)10-20-8-6-14(7-9-20)19-24(21,22)15-4-2-13(17)3-5-15/h2-5,11,14,19H,6-10H2,1H3. The summed E-state index contributed by atoms with van der Waals surface area (Å²) in [6.07, 6.45) is 1.52. The van der Waals surface area contributed by atoms with E-state index in [0.717, 1.165) is 50.3 Å². The van der Waals surface area contributed by atoms with E-state index in [1.807, 2.05) is 12.4 Å². The number of sulfonamides is 1. The summed E-state index contributed by atoms with van der Waals surface area (Å²) in [5.74, 6) is -0.444. The lowest BCUT2D eigenvalue weighted by Crippen LogP contribution is -2.44. The molecule has 3 rings (SSSR count). The Balaban J connectivity index is 1.55. The van der Waals surface area contributed by atoms with Crippen LogP contribution >= 0.6 is 11.3 Å². The lowest BCUT2D eigenvalue weighted by Gasteiger charge is -2.31. The second kappa shape index (κ2) is 7.26. The van der Waals surface area contributed by atoms with Gasteiger partial charge in [-0.25, -0.2) is 22.5 Å². The van der Waals surface area contributed by atoms with Crippen LogP contribution in [0.4, 0.5) is 4.39 Å². The highest BCUT2D eigenvalue weighted by Crippen LogP contribution is 2.20. The van der Waals surface area contributed by atoms with E-state index in [1.165, 1.54) is 17.0 Å². The molecule has 0 atom stereocenters. The molecule has 0 aliphatic carbocycles. The number of hydrogen-bond acceptors (Lipinski definition) is 5. The van der Waals surface area contributed by atoms with Crippen LogP contribution in [0.1, 0.15) is 23.4 Å². The van der Waals surface area contributed by atoms with Crippen molar-refractivity contribution in [3.05, 3.63) is 46.2 Å². The number of benzene rings is 1. The molecule has 5 nitrogen and oxygen atoms in total. The highest BCUT2D eigenvalue weighted by Gasteiger charge is 2.25. The quantitative estimate of drug-likeness (QED) is 0.880. The van der Waals surface area contributed by atoms with Gasteiger partial charge in [0.1, 0.15) is 5.82 Å². The molecule has 1 fully saturated rings. The van der Waals surface area contributed by atoms with E-state index in [2.05, 4.69) is 14.6 Å². The Morgan fingerprint density at radius 2 is 1.96 bits per heavy atom. The van der Waals surface area contributed by atoms with Gasteiger partial charge in [-0.05, 0) is 44.0 Å². The summed E-state index contributed by atoms with van der Waals surface area (Å²) < 4.78 is 40.4. The molecule has 1 aromatic heterocycles. The Kier molecular flexibility index (Phi) is 5.29. The van der Waals surface area contributed by atoms with Crippen molar-refractivity contribution in [1.29, 1.82) is 0 Å². The largest absolute Gasteiger partial charge is 0.298 e. The second-order valence-electron chi connectivity index (χ2n) is 5.99. The number of thiazole rings is 1. The SMILES string of the molecule is Cc1ncsc1CN1CCC(NS(=O)(=O)c2ccc(F)cc2)CC1. The number of piperidine rings is 1. The van der Waals surface area contributed by atoms with Crippen molar-refractivity contribution in [3.63, 3.8) is 0 Å². The molecule has 1 aliphatic heterocycles. The zero-order valence-corrected chi connectivity index (χ0v) is 15.0. The molecule has 0 radical (unpaired) electrons. The smallest absolute Gasteiger partial charge is 0.240 e. The van der Waals surface area contributed by atoms with E-state index in [4.69, 9.17) is 0 Å². The maximum Gasteiger partial charge on any atom is 0.240 e. The van der Waals surface area contributed by atoms with Crippen LogP contribution in [0.15, 0.2) is 34.7 Å². The Labute approximate surface area is 145 Å². The average Bonchev–Trinajstić information content (AvgIpc) is 2.94. The minimum Gasteiger partial charge on any atom is -0.298 e. The van der Waals surface area contributed by atoms with Gasteiger partial charge in [-0.1, -0.05) is 0 Å². The summed E-state index contributed by atoms with van der Waals surface area (Å²) in [4.78, 5) is 7.95. The predicted octanol–water partition coefficient (Wildman–Crippen LogP) is 2.53. The molecule has 2 heterocycles. The fourth-order valence-corrected chi connectivity index (χ4v) is 4.91. The number of nitrogens with one attached hydrogen (secondary N) is 1. The van der Waals surface area contributed by atoms with Crippen LogP contribution in [0.25, 0.3) is 0 Å². The molecule has 0 bridgehead atoms. The van der Waals surface area contributed by atoms with Gasteiger partial charge in [0, 0.05) is 30.6 Å². The first-order chi connectivity index (χ1) is 11.4. The molecule has 130 valence electrons. The fraction of sp³-hybridized carbons (Fsp3) is 0.438. The van der Waals surface area contributed by atoms with Gasteiger partial charge in [-0.15, -0.1) is 11.3 Å². The molecular weight excluding hydrogens is 349 g/mol. The molecule has 0 saturated carbocycles. The first kappa shape index (κ1) is 17.5.